The number of rotatable bonds is 3. The quantitative estimate of drug-likeness (QED) is 0.791. The Labute approximate surface area is 120 Å². The number of aromatic amines is 1. The summed E-state index contributed by atoms with van der Waals surface area (Å²) in [6.45, 7) is 7.99. The van der Waals surface area contributed by atoms with Gasteiger partial charge in [-0.3, -0.25) is 9.89 Å². The van der Waals surface area contributed by atoms with Crippen molar-refractivity contribution in [3.05, 3.63) is 17.5 Å². The van der Waals surface area contributed by atoms with Gasteiger partial charge in [0.15, 0.2) is 0 Å². The van der Waals surface area contributed by atoms with Crippen molar-refractivity contribution in [2.45, 2.75) is 45.1 Å². The molecule has 0 aromatic carbocycles. The summed E-state index contributed by atoms with van der Waals surface area (Å²) in [6, 6.07) is 2.24. The van der Waals surface area contributed by atoms with E-state index < -0.39 is 0 Å². The number of nitrogens with one attached hydrogen (secondary N) is 3. The first-order valence-electron chi connectivity index (χ1n) is 6.54. The molecule has 0 bridgehead atoms. The maximum atomic E-state index is 11.9. The van der Waals surface area contributed by atoms with Crippen molar-refractivity contribution in [3.63, 3.8) is 0 Å². The summed E-state index contributed by atoms with van der Waals surface area (Å²) >= 11 is 0. The molecule has 1 unspecified atom stereocenters. The SMILES string of the molecule is CC(C)(C)c1cc(C(=O)NCC2CCCN2)n[nH]1.Cl. The number of amides is 1. The highest BCUT2D eigenvalue weighted by molar-refractivity contribution is 5.92. The van der Waals surface area contributed by atoms with Gasteiger partial charge in [0.05, 0.1) is 0 Å². The third-order valence-corrected chi connectivity index (χ3v) is 3.29. The van der Waals surface area contributed by atoms with E-state index in [9.17, 15) is 4.79 Å². The first kappa shape index (κ1) is 16.0. The van der Waals surface area contributed by atoms with Crippen molar-refractivity contribution in [2.24, 2.45) is 0 Å². The van der Waals surface area contributed by atoms with E-state index >= 15 is 0 Å². The Hall–Kier alpha value is -1.07. The smallest absolute Gasteiger partial charge is 0.271 e. The molecule has 1 saturated heterocycles. The molecule has 0 radical (unpaired) electrons. The van der Waals surface area contributed by atoms with E-state index in [-0.39, 0.29) is 23.7 Å². The Morgan fingerprint density at radius 2 is 2.26 bits per heavy atom. The summed E-state index contributed by atoms with van der Waals surface area (Å²) < 4.78 is 0. The second-order valence-corrected chi connectivity index (χ2v) is 5.92. The van der Waals surface area contributed by atoms with Crippen LogP contribution in [0.15, 0.2) is 6.07 Å². The van der Waals surface area contributed by atoms with Gasteiger partial charge in [-0.15, -0.1) is 12.4 Å². The van der Waals surface area contributed by atoms with Crippen molar-refractivity contribution in [3.8, 4) is 0 Å². The lowest BCUT2D eigenvalue weighted by molar-refractivity contribution is 0.0945. The van der Waals surface area contributed by atoms with Gasteiger partial charge >= 0.3 is 0 Å². The largest absolute Gasteiger partial charge is 0.349 e. The van der Waals surface area contributed by atoms with Crippen LogP contribution in [-0.4, -0.2) is 35.2 Å². The van der Waals surface area contributed by atoms with Gasteiger partial charge in [0, 0.05) is 23.7 Å². The number of carbonyl (C=O) groups is 1. The zero-order valence-corrected chi connectivity index (χ0v) is 12.6. The van der Waals surface area contributed by atoms with Crippen molar-refractivity contribution in [2.75, 3.05) is 13.1 Å². The molecular weight excluding hydrogens is 264 g/mol. The number of hydrogen-bond acceptors (Lipinski definition) is 3. The average Bonchev–Trinajstić information content (AvgIpc) is 2.96. The molecule has 3 N–H and O–H groups in total. The first-order chi connectivity index (χ1) is 8.47. The highest BCUT2D eigenvalue weighted by Gasteiger charge is 2.20. The summed E-state index contributed by atoms with van der Waals surface area (Å²) in [5.74, 6) is -0.101. The lowest BCUT2D eigenvalue weighted by atomic mass is 9.92. The van der Waals surface area contributed by atoms with Gasteiger partial charge in [-0.25, -0.2) is 0 Å². The number of halogens is 1. The molecule has 1 amide bonds. The van der Waals surface area contributed by atoms with E-state index in [0.717, 1.165) is 18.7 Å². The van der Waals surface area contributed by atoms with Gasteiger partial charge in [-0.05, 0) is 25.5 Å². The fourth-order valence-electron chi connectivity index (χ4n) is 2.06. The maximum absolute atomic E-state index is 11.9. The average molecular weight is 287 g/mol. The molecule has 1 atom stereocenters. The highest BCUT2D eigenvalue weighted by Crippen LogP contribution is 2.20. The molecule has 6 heteroatoms. The fraction of sp³-hybridized carbons (Fsp3) is 0.692. The summed E-state index contributed by atoms with van der Waals surface area (Å²) in [7, 11) is 0. The molecule has 19 heavy (non-hydrogen) atoms. The Balaban J connectivity index is 0.00000180. The molecular formula is C13H23ClN4O. The number of nitrogens with zero attached hydrogens (tertiary/aromatic N) is 1. The Kier molecular flexibility index (Phi) is 5.38. The number of hydrogen-bond donors (Lipinski definition) is 3. The van der Waals surface area contributed by atoms with Crippen LogP contribution in [0.25, 0.3) is 0 Å². The summed E-state index contributed by atoms with van der Waals surface area (Å²) in [4.78, 5) is 11.9. The van der Waals surface area contributed by atoms with E-state index in [1.54, 1.807) is 0 Å². The second kappa shape index (κ2) is 6.39. The van der Waals surface area contributed by atoms with Gasteiger partial charge in [0.2, 0.25) is 0 Å². The van der Waals surface area contributed by atoms with Gasteiger partial charge in [0.25, 0.3) is 5.91 Å². The van der Waals surface area contributed by atoms with E-state index in [1.807, 2.05) is 6.07 Å². The van der Waals surface area contributed by atoms with Crippen LogP contribution in [0.3, 0.4) is 0 Å². The van der Waals surface area contributed by atoms with Gasteiger partial charge in [0.1, 0.15) is 5.69 Å². The topological polar surface area (TPSA) is 69.8 Å². The van der Waals surface area contributed by atoms with Crippen LogP contribution in [0.2, 0.25) is 0 Å². The number of aromatic nitrogens is 2. The second-order valence-electron chi connectivity index (χ2n) is 5.92. The van der Waals surface area contributed by atoms with Crippen LogP contribution in [0.4, 0.5) is 0 Å². The lowest BCUT2D eigenvalue weighted by Crippen LogP contribution is -2.37. The minimum Gasteiger partial charge on any atom is -0.349 e. The molecule has 2 rings (SSSR count). The molecule has 5 nitrogen and oxygen atoms in total. The van der Waals surface area contributed by atoms with Crippen LogP contribution in [0.1, 0.15) is 49.8 Å². The van der Waals surface area contributed by atoms with Crippen LogP contribution in [-0.2, 0) is 5.41 Å². The molecule has 108 valence electrons. The highest BCUT2D eigenvalue weighted by atomic mass is 35.5. The minimum atomic E-state index is -0.101. The van der Waals surface area contributed by atoms with E-state index in [0.29, 0.717) is 18.3 Å². The third-order valence-electron chi connectivity index (χ3n) is 3.29. The first-order valence-corrected chi connectivity index (χ1v) is 6.54. The summed E-state index contributed by atoms with van der Waals surface area (Å²) in [5, 5.41) is 13.3. The molecule has 1 fully saturated rings. The molecule has 0 aliphatic carbocycles. The van der Waals surface area contributed by atoms with Crippen LogP contribution in [0.5, 0.6) is 0 Å². The van der Waals surface area contributed by atoms with Crippen LogP contribution < -0.4 is 10.6 Å². The van der Waals surface area contributed by atoms with E-state index in [4.69, 9.17) is 0 Å². The third kappa shape index (κ3) is 4.21. The molecule has 1 aliphatic heterocycles. The molecule has 1 aromatic rings. The van der Waals surface area contributed by atoms with E-state index in [1.165, 1.54) is 6.42 Å². The zero-order valence-electron chi connectivity index (χ0n) is 11.7. The number of carbonyl (C=O) groups excluding carboxylic acids is 1. The minimum absolute atomic E-state index is 0. The fourth-order valence-corrected chi connectivity index (χ4v) is 2.06. The van der Waals surface area contributed by atoms with Gasteiger partial charge in [-0.1, -0.05) is 20.8 Å². The molecule has 2 heterocycles. The van der Waals surface area contributed by atoms with Crippen LogP contribution in [0, 0.1) is 0 Å². The Morgan fingerprint density at radius 3 is 2.79 bits per heavy atom. The standard InChI is InChI=1S/C13H22N4O.ClH/c1-13(2,3)11-7-10(16-17-11)12(18)15-8-9-5-4-6-14-9;/h7,9,14H,4-6,8H2,1-3H3,(H,15,18)(H,16,17);1H. The maximum Gasteiger partial charge on any atom is 0.271 e. The predicted octanol–water partition coefficient (Wildman–Crippen LogP) is 1.61. The van der Waals surface area contributed by atoms with Crippen molar-refractivity contribution >= 4 is 18.3 Å². The normalized spacial score (nSPS) is 19.0. The molecule has 0 spiro atoms. The molecule has 1 aliphatic rings. The Morgan fingerprint density at radius 1 is 1.53 bits per heavy atom. The van der Waals surface area contributed by atoms with Gasteiger partial charge in [-0.2, -0.15) is 5.10 Å². The zero-order chi connectivity index (χ0) is 13.2. The molecule has 1 aromatic heterocycles. The predicted molar refractivity (Wildman–Crippen MR) is 77.9 cm³/mol. The summed E-state index contributed by atoms with van der Waals surface area (Å²) in [5.41, 5.74) is 1.43. The molecule has 0 saturated carbocycles. The van der Waals surface area contributed by atoms with E-state index in [2.05, 4.69) is 41.6 Å². The van der Waals surface area contributed by atoms with Crippen molar-refractivity contribution in [1.29, 1.82) is 0 Å². The lowest BCUT2D eigenvalue weighted by Gasteiger charge is -2.14. The summed E-state index contributed by atoms with van der Waals surface area (Å²) in [6.07, 6.45) is 2.32. The van der Waals surface area contributed by atoms with Crippen molar-refractivity contribution in [1.82, 2.24) is 20.8 Å². The number of H-pyrrole nitrogens is 1. The van der Waals surface area contributed by atoms with Gasteiger partial charge < -0.3 is 10.6 Å². The Bertz CT molecular complexity index is 419. The van der Waals surface area contributed by atoms with Crippen molar-refractivity contribution < 1.29 is 4.79 Å². The monoisotopic (exact) mass is 286 g/mol. The van der Waals surface area contributed by atoms with Crippen LogP contribution >= 0.6 is 12.4 Å².